The van der Waals surface area contributed by atoms with Crippen molar-refractivity contribution in [3.8, 4) is 0 Å². The summed E-state index contributed by atoms with van der Waals surface area (Å²) in [6.45, 7) is -0.537. The van der Waals surface area contributed by atoms with Crippen LogP contribution >= 0.6 is 11.3 Å². The molecule has 21 heavy (non-hydrogen) atoms. The molecule has 1 fully saturated rings. The van der Waals surface area contributed by atoms with Gasteiger partial charge in [-0.05, 0) is 19.3 Å². The van der Waals surface area contributed by atoms with Crippen LogP contribution in [0.3, 0.4) is 0 Å². The van der Waals surface area contributed by atoms with Crippen molar-refractivity contribution in [3.63, 3.8) is 0 Å². The Balaban J connectivity index is 1.95. The normalized spacial score (nSPS) is 17.0. The minimum atomic E-state index is -4.21. The number of aromatic nitrogens is 1. The van der Waals surface area contributed by atoms with Gasteiger partial charge >= 0.3 is 6.18 Å². The van der Waals surface area contributed by atoms with Crippen molar-refractivity contribution >= 4 is 11.3 Å². The number of rotatable bonds is 7. The van der Waals surface area contributed by atoms with Gasteiger partial charge in [0, 0.05) is 36.7 Å². The predicted octanol–water partition coefficient (Wildman–Crippen LogP) is 3.55. The fourth-order valence-corrected chi connectivity index (χ4v) is 3.87. The Morgan fingerprint density at radius 2 is 2.05 bits per heavy atom. The van der Waals surface area contributed by atoms with E-state index in [-0.39, 0.29) is 19.7 Å². The first kappa shape index (κ1) is 16.7. The second kappa shape index (κ2) is 7.56. The number of alkyl halides is 3. The molecule has 1 heterocycles. The Labute approximate surface area is 126 Å². The molecule has 120 valence electrons. The summed E-state index contributed by atoms with van der Waals surface area (Å²) in [4.78, 5) is 6.60. The number of halogens is 3. The van der Waals surface area contributed by atoms with Gasteiger partial charge in [-0.25, -0.2) is 4.98 Å². The second-order valence-electron chi connectivity index (χ2n) is 5.55. The zero-order valence-electron chi connectivity index (χ0n) is 11.9. The van der Waals surface area contributed by atoms with Crippen LogP contribution in [0.15, 0.2) is 6.20 Å². The summed E-state index contributed by atoms with van der Waals surface area (Å²) in [5.74, 6) is 0.497. The van der Waals surface area contributed by atoms with E-state index in [1.54, 1.807) is 6.20 Å². The topological polar surface area (TPSA) is 36.4 Å². The van der Waals surface area contributed by atoms with Gasteiger partial charge in [0.05, 0.1) is 11.6 Å². The van der Waals surface area contributed by atoms with E-state index in [4.69, 9.17) is 5.11 Å². The van der Waals surface area contributed by atoms with E-state index in [1.165, 1.54) is 29.1 Å². The standard InChI is InChI=1S/C14H21F3N2OS/c15-14(16,17)10-19(6-3-7-20)9-12-8-18-13(21-12)11-4-1-2-5-11/h8,11,20H,1-7,9-10H2. The van der Waals surface area contributed by atoms with E-state index >= 15 is 0 Å². The van der Waals surface area contributed by atoms with Crippen LogP contribution in [0.4, 0.5) is 13.2 Å². The molecule has 1 saturated carbocycles. The quantitative estimate of drug-likeness (QED) is 0.834. The minimum absolute atomic E-state index is 0.0929. The van der Waals surface area contributed by atoms with Crippen molar-refractivity contribution < 1.29 is 18.3 Å². The number of hydrogen-bond acceptors (Lipinski definition) is 4. The van der Waals surface area contributed by atoms with Gasteiger partial charge in [-0.2, -0.15) is 13.2 Å². The van der Waals surface area contributed by atoms with Crippen LogP contribution in [0.5, 0.6) is 0 Å². The summed E-state index contributed by atoms with van der Waals surface area (Å²) < 4.78 is 37.7. The third-order valence-corrected chi connectivity index (χ3v) is 4.84. The second-order valence-corrected chi connectivity index (χ2v) is 6.70. The molecule has 0 atom stereocenters. The van der Waals surface area contributed by atoms with Crippen molar-refractivity contribution in [1.82, 2.24) is 9.88 Å². The van der Waals surface area contributed by atoms with Crippen LogP contribution in [0.25, 0.3) is 0 Å². The van der Waals surface area contributed by atoms with Gasteiger partial charge in [0.15, 0.2) is 0 Å². The van der Waals surface area contributed by atoms with Crippen LogP contribution in [-0.4, -0.2) is 40.9 Å². The van der Waals surface area contributed by atoms with Crippen LogP contribution in [-0.2, 0) is 6.54 Å². The monoisotopic (exact) mass is 322 g/mol. The van der Waals surface area contributed by atoms with E-state index < -0.39 is 12.7 Å². The third kappa shape index (κ3) is 5.56. The highest BCUT2D eigenvalue weighted by Gasteiger charge is 2.31. The third-order valence-electron chi connectivity index (χ3n) is 3.69. The molecule has 1 aromatic heterocycles. The Morgan fingerprint density at radius 3 is 2.67 bits per heavy atom. The molecular formula is C14H21F3N2OS. The van der Waals surface area contributed by atoms with Crippen molar-refractivity contribution in [1.29, 1.82) is 0 Å². The minimum Gasteiger partial charge on any atom is -0.396 e. The Kier molecular flexibility index (Phi) is 6.01. The molecule has 0 aromatic carbocycles. The summed E-state index contributed by atoms with van der Waals surface area (Å²) in [6, 6.07) is 0. The number of aliphatic hydroxyl groups excluding tert-OH is 1. The molecular weight excluding hydrogens is 301 g/mol. The molecule has 1 aliphatic carbocycles. The molecule has 0 spiro atoms. The van der Waals surface area contributed by atoms with Crippen LogP contribution in [0.2, 0.25) is 0 Å². The highest BCUT2D eigenvalue weighted by atomic mass is 32.1. The lowest BCUT2D eigenvalue weighted by Gasteiger charge is -2.22. The summed E-state index contributed by atoms with van der Waals surface area (Å²) in [6.07, 6.45) is 2.57. The van der Waals surface area contributed by atoms with E-state index in [9.17, 15) is 13.2 Å². The molecule has 2 rings (SSSR count). The SMILES string of the molecule is OCCCN(Cc1cnc(C2CCCC2)s1)CC(F)(F)F. The molecule has 1 aromatic rings. The Bertz CT molecular complexity index is 430. The summed E-state index contributed by atoms with van der Waals surface area (Å²) in [7, 11) is 0. The van der Waals surface area contributed by atoms with Gasteiger partial charge in [0.1, 0.15) is 0 Å². The zero-order valence-corrected chi connectivity index (χ0v) is 12.7. The van der Waals surface area contributed by atoms with E-state index in [2.05, 4.69) is 4.98 Å². The molecule has 0 saturated heterocycles. The molecule has 0 amide bonds. The fourth-order valence-electron chi connectivity index (χ4n) is 2.74. The number of nitrogens with zero attached hydrogens (tertiary/aromatic N) is 2. The molecule has 1 N–H and O–H groups in total. The Morgan fingerprint density at radius 1 is 1.33 bits per heavy atom. The van der Waals surface area contributed by atoms with Gasteiger partial charge in [0.25, 0.3) is 0 Å². The lowest BCUT2D eigenvalue weighted by atomic mass is 10.1. The number of thiazole rings is 1. The summed E-state index contributed by atoms with van der Waals surface area (Å²) >= 11 is 1.54. The average molecular weight is 322 g/mol. The summed E-state index contributed by atoms with van der Waals surface area (Å²) in [5, 5.41) is 9.88. The maximum absolute atomic E-state index is 12.6. The summed E-state index contributed by atoms with van der Waals surface area (Å²) in [5.41, 5.74) is 0. The van der Waals surface area contributed by atoms with Crippen molar-refractivity contribution in [2.45, 2.75) is 50.7 Å². The fraction of sp³-hybridized carbons (Fsp3) is 0.786. The molecule has 7 heteroatoms. The smallest absolute Gasteiger partial charge is 0.396 e. The molecule has 3 nitrogen and oxygen atoms in total. The van der Waals surface area contributed by atoms with E-state index in [0.717, 1.165) is 22.7 Å². The zero-order chi connectivity index (χ0) is 15.3. The lowest BCUT2D eigenvalue weighted by molar-refractivity contribution is -0.147. The highest BCUT2D eigenvalue weighted by Crippen LogP contribution is 2.36. The largest absolute Gasteiger partial charge is 0.401 e. The van der Waals surface area contributed by atoms with Gasteiger partial charge in [-0.3, -0.25) is 4.90 Å². The van der Waals surface area contributed by atoms with Crippen LogP contribution in [0, 0.1) is 0 Å². The molecule has 0 bridgehead atoms. The van der Waals surface area contributed by atoms with Crippen molar-refractivity contribution in [2.24, 2.45) is 0 Å². The lowest BCUT2D eigenvalue weighted by Crippen LogP contribution is -2.34. The van der Waals surface area contributed by atoms with Gasteiger partial charge < -0.3 is 5.11 Å². The predicted molar refractivity (Wildman–Crippen MR) is 76.4 cm³/mol. The Hall–Kier alpha value is -0.660. The van der Waals surface area contributed by atoms with Crippen LogP contribution in [0.1, 0.15) is 47.9 Å². The average Bonchev–Trinajstić information content (AvgIpc) is 3.04. The maximum atomic E-state index is 12.6. The first-order chi connectivity index (χ1) is 9.98. The van der Waals surface area contributed by atoms with Crippen molar-refractivity contribution in [2.75, 3.05) is 19.7 Å². The van der Waals surface area contributed by atoms with Gasteiger partial charge in [-0.15, -0.1) is 11.3 Å². The molecule has 0 aliphatic heterocycles. The molecule has 1 aliphatic rings. The van der Waals surface area contributed by atoms with Gasteiger partial charge in [-0.1, -0.05) is 12.8 Å². The number of aliphatic hydroxyl groups is 1. The number of hydrogen-bond donors (Lipinski definition) is 1. The first-order valence-electron chi connectivity index (χ1n) is 7.32. The van der Waals surface area contributed by atoms with E-state index in [0.29, 0.717) is 12.3 Å². The first-order valence-corrected chi connectivity index (χ1v) is 8.14. The highest BCUT2D eigenvalue weighted by molar-refractivity contribution is 7.11. The molecule has 0 unspecified atom stereocenters. The molecule has 0 radical (unpaired) electrons. The van der Waals surface area contributed by atoms with Gasteiger partial charge in [0.2, 0.25) is 0 Å². The van der Waals surface area contributed by atoms with E-state index in [1.807, 2.05) is 0 Å². The van der Waals surface area contributed by atoms with Crippen molar-refractivity contribution in [3.05, 3.63) is 16.1 Å². The maximum Gasteiger partial charge on any atom is 0.401 e. The van der Waals surface area contributed by atoms with Crippen LogP contribution < -0.4 is 0 Å².